The van der Waals surface area contributed by atoms with Gasteiger partial charge in [0.25, 0.3) is 5.69 Å². The lowest BCUT2D eigenvalue weighted by molar-refractivity contribution is -0.384. The van der Waals surface area contributed by atoms with E-state index in [1.807, 2.05) is 0 Å². The molecule has 1 rings (SSSR count). The van der Waals surface area contributed by atoms with Crippen molar-refractivity contribution >= 4 is 17.4 Å². The van der Waals surface area contributed by atoms with Crippen LogP contribution in [0.3, 0.4) is 0 Å². The van der Waals surface area contributed by atoms with Crippen LogP contribution in [0.4, 0.5) is 5.69 Å². The zero-order valence-corrected chi connectivity index (χ0v) is 8.27. The molecule has 1 aromatic rings. The summed E-state index contributed by atoms with van der Waals surface area (Å²) in [5.41, 5.74) is -0.00943. The second kappa shape index (κ2) is 4.99. The summed E-state index contributed by atoms with van der Waals surface area (Å²) in [4.78, 5) is 10.5. The molecule has 6 heteroatoms. The Labute approximate surface area is 90.1 Å². The van der Waals surface area contributed by atoms with Crippen LogP contribution >= 0.6 is 11.8 Å². The SMILES string of the molecule is N#CC(C#N)Sc1ccc([N+](=O)[O-])cc1. The third kappa shape index (κ3) is 2.97. The van der Waals surface area contributed by atoms with Crippen molar-refractivity contribution in [2.24, 2.45) is 0 Å². The first kappa shape index (κ1) is 11.0. The predicted octanol–water partition coefficient (Wildman–Crippen LogP) is 2.10. The number of nitro groups is 1. The van der Waals surface area contributed by atoms with Gasteiger partial charge in [-0.1, -0.05) is 11.8 Å². The summed E-state index contributed by atoms with van der Waals surface area (Å²) in [6.45, 7) is 0. The number of nitrogens with zero attached hydrogens (tertiary/aromatic N) is 3. The molecule has 0 heterocycles. The molecule has 0 aromatic heterocycles. The van der Waals surface area contributed by atoms with Crippen LogP contribution in [-0.4, -0.2) is 10.2 Å². The largest absolute Gasteiger partial charge is 0.269 e. The molecule has 1 aromatic carbocycles. The molecule has 0 atom stereocenters. The van der Waals surface area contributed by atoms with Gasteiger partial charge in [0.2, 0.25) is 0 Å². The van der Waals surface area contributed by atoms with Crippen LogP contribution in [-0.2, 0) is 0 Å². The monoisotopic (exact) mass is 219 g/mol. The summed E-state index contributed by atoms with van der Waals surface area (Å²) in [5, 5.41) is 26.6. The van der Waals surface area contributed by atoms with Gasteiger partial charge in [-0.25, -0.2) is 0 Å². The van der Waals surface area contributed by atoms with Crippen molar-refractivity contribution in [3.63, 3.8) is 0 Å². The highest BCUT2D eigenvalue weighted by molar-refractivity contribution is 8.00. The topological polar surface area (TPSA) is 90.7 Å². The van der Waals surface area contributed by atoms with E-state index in [4.69, 9.17) is 10.5 Å². The Morgan fingerprint density at radius 2 is 1.80 bits per heavy atom. The lowest BCUT2D eigenvalue weighted by atomic mass is 10.3. The minimum absolute atomic E-state index is 0.00943. The Hall–Kier alpha value is -2.05. The number of nitro benzene ring substituents is 1. The Morgan fingerprint density at radius 1 is 1.27 bits per heavy atom. The van der Waals surface area contributed by atoms with Crippen molar-refractivity contribution in [2.45, 2.75) is 10.1 Å². The predicted molar refractivity (Wildman–Crippen MR) is 54.0 cm³/mol. The van der Waals surface area contributed by atoms with Gasteiger partial charge in [-0.05, 0) is 12.1 Å². The van der Waals surface area contributed by atoms with Crippen LogP contribution in [0, 0.1) is 32.8 Å². The van der Waals surface area contributed by atoms with E-state index in [1.54, 1.807) is 12.1 Å². The molecule has 74 valence electrons. The maximum absolute atomic E-state index is 10.3. The Kier molecular flexibility index (Phi) is 3.67. The fraction of sp³-hybridized carbons (Fsp3) is 0.111. The smallest absolute Gasteiger partial charge is 0.258 e. The standard InChI is InChI=1S/C9H5N3O2S/c10-5-9(6-11)15-8-3-1-7(2-4-8)12(13)14/h1-4,9H. The number of thioether (sulfide) groups is 1. The molecule has 0 aliphatic rings. The van der Waals surface area contributed by atoms with Gasteiger partial charge in [0.1, 0.15) is 0 Å². The molecule has 0 aliphatic heterocycles. The molecule has 0 spiro atoms. The zero-order valence-electron chi connectivity index (χ0n) is 7.45. The summed E-state index contributed by atoms with van der Waals surface area (Å²) in [7, 11) is 0. The molecule has 0 amide bonds. The van der Waals surface area contributed by atoms with Crippen molar-refractivity contribution in [1.82, 2.24) is 0 Å². The molecule has 0 fully saturated rings. The van der Waals surface area contributed by atoms with Gasteiger partial charge in [0.05, 0.1) is 17.1 Å². The quantitative estimate of drug-likeness (QED) is 0.441. The maximum Gasteiger partial charge on any atom is 0.269 e. The van der Waals surface area contributed by atoms with E-state index < -0.39 is 10.2 Å². The molecule has 0 unspecified atom stereocenters. The van der Waals surface area contributed by atoms with E-state index >= 15 is 0 Å². The van der Waals surface area contributed by atoms with E-state index in [9.17, 15) is 10.1 Å². The molecule has 0 radical (unpaired) electrons. The van der Waals surface area contributed by atoms with Gasteiger partial charge in [0.15, 0.2) is 5.25 Å². The summed E-state index contributed by atoms with van der Waals surface area (Å²) < 4.78 is 0. The van der Waals surface area contributed by atoms with Crippen molar-refractivity contribution in [2.75, 3.05) is 0 Å². The molecular weight excluding hydrogens is 214 g/mol. The highest BCUT2D eigenvalue weighted by Crippen LogP contribution is 2.24. The third-order valence-electron chi connectivity index (χ3n) is 1.54. The first-order valence-electron chi connectivity index (χ1n) is 3.87. The first-order valence-corrected chi connectivity index (χ1v) is 4.75. The lowest BCUT2D eigenvalue weighted by Gasteiger charge is -1.99. The molecule has 15 heavy (non-hydrogen) atoms. The molecule has 0 saturated heterocycles. The zero-order chi connectivity index (χ0) is 11.3. The van der Waals surface area contributed by atoms with Gasteiger partial charge < -0.3 is 0 Å². The second-order valence-corrected chi connectivity index (χ2v) is 3.69. The molecular formula is C9H5N3O2S. The van der Waals surface area contributed by atoms with Crippen LogP contribution in [0.1, 0.15) is 0 Å². The average molecular weight is 219 g/mol. The summed E-state index contributed by atoms with van der Waals surface area (Å²) in [5.74, 6) is 0. The number of hydrogen-bond donors (Lipinski definition) is 0. The van der Waals surface area contributed by atoms with Gasteiger partial charge in [-0.3, -0.25) is 10.1 Å². The Morgan fingerprint density at radius 3 is 2.20 bits per heavy atom. The van der Waals surface area contributed by atoms with E-state index in [1.165, 1.54) is 24.3 Å². The summed E-state index contributed by atoms with van der Waals surface area (Å²) in [6.07, 6.45) is 0. The van der Waals surface area contributed by atoms with Crippen LogP contribution in [0.25, 0.3) is 0 Å². The highest BCUT2D eigenvalue weighted by atomic mass is 32.2. The lowest BCUT2D eigenvalue weighted by Crippen LogP contribution is -1.93. The molecule has 5 nitrogen and oxygen atoms in total. The summed E-state index contributed by atoms with van der Waals surface area (Å²) >= 11 is 1.06. The van der Waals surface area contributed by atoms with E-state index in [-0.39, 0.29) is 5.69 Å². The summed E-state index contributed by atoms with van der Waals surface area (Å²) in [6, 6.07) is 9.33. The van der Waals surface area contributed by atoms with Crippen LogP contribution in [0.5, 0.6) is 0 Å². The van der Waals surface area contributed by atoms with Crippen molar-refractivity contribution in [3.05, 3.63) is 34.4 Å². The fourth-order valence-corrected chi connectivity index (χ4v) is 1.53. The molecule has 0 bridgehead atoms. The van der Waals surface area contributed by atoms with Gasteiger partial charge >= 0.3 is 0 Å². The van der Waals surface area contributed by atoms with Crippen LogP contribution in [0.15, 0.2) is 29.2 Å². The normalized spacial score (nSPS) is 9.27. The fourth-order valence-electron chi connectivity index (χ4n) is 0.864. The molecule has 0 saturated carbocycles. The van der Waals surface area contributed by atoms with E-state index in [2.05, 4.69) is 0 Å². The molecule has 0 N–H and O–H groups in total. The third-order valence-corrected chi connectivity index (χ3v) is 2.53. The van der Waals surface area contributed by atoms with Gasteiger partial charge in [0, 0.05) is 17.0 Å². The molecule has 0 aliphatic carbocycles. The number of non-ortho nitro benzene ring substituents is 1. The average Bonchev–Trinajstić information content (AvgIpc) is 2.26. The minimum atomic E-state index is -0.786. The number of hydrogen-bond acceptors (Lipinski definition) is 5. The van der Waals surface area contributed by atoms with E-state index in [0.717, 1.165) is 11.8 Å². The van der Waals surface area contributed by atoms with Gasteiger partial charge in [-0.15, -0.1) is 0 Å². The number of benzene rings is 1. The van der Waals surface area contributed by atoms with Crippen molar-refractivity contribution in [3.8, 4) is 12.1 Å². The number of rotatable bonds is 3. The first-order chi connectivity index (χ1) is 7.17. The Bertz CT molecular complexity index is 430. The van der Waals surface area contributed by atoms with Gasteiger partial charge in [-0.2, -0.15) is 10.5 Å². The minimum Gasteiger partial charge on any atom is -0.258 e. The van der Waals surface area contributed by atoms with Crippen molar-refractivity contribution < 1.29 is 4.92 Å². The van der Waals surface area contributed by atoms with E-state index in [0.29, 0.717) is 4.90 Å². The second-order valence-electron chi connectivity index (χ2n) is 2.51. The van der Waals surface area contributed by atoms with Crippen LogP contribution < -0.4 is 0 Å². The van der Waals surface area contributed by atoms with Crippen molar-refractivity contribution in [1.29, 1.82) is 10.5 Å². The highest BCUT2D eigenvalue weighted by Gasteiger charge is 2.09. The maximum atomic E-state index is 10.3. The number of nitriles is 2. The van der Waals surface area contributed by atoms with Crippen LogP contribution in [0.2, 0.25) is 0 Å². The Balaban J connectivity index is 2.78.